The summed E-state index contributed by atoms with van der Waals surface area (Å²) in [4.78, 5) is 12.2. The fourth-order valence-electron chi connectivity index (χ4n) is 7.89. The minimum atomic E-state index is -0.0594. The van der Waals surface area contributed by atoms with E-state index in [1.54, 1.807) is 0 Å². The van der Waals surface area contributed by atoms with Crippen molar-refractivity contribution in [3.8, 4) is 5.75 Å². The maximum atomic E-state index is 5.83. The van der Waals surface area contributed by atoms with Gasteiger partial charge in [0.1, 0.15) is 11.6 Å². The molecule has 1 aromatic heterocycles. The highest BCUT2D eigenvalue weighted by Crippen LogP contribution is 2.48. The maximum Gasteiger partial charge on any atom is 0.128 e. The van der Waals surface area contributed by atoms with Crippen LogP contribution in [-0.4, -0.2) is 43.6 Å². The molecule has 7 rings (SSSR count). The second-order valence-corrected chi connectivity index (χ2v) is 14.0. The van der Waals surface area contributed by atoms with Crippen molar-refractivity contribution < 1.29 is 9.47 Å². The summed E-state index contributed by atoms with van der Waals surface area (Å²) >= 11 is 0. The molecular formula is C44H47N3O2. The van der Waals surface area contributed by atoms with Gasteiger partial charge in [0.25, 0.3) is 0 Å². The van der Waals surface area contributed by atoms with Crippen LogP contribution in [0.15, 0.2) is 124 Å². The number of aromatic nitrogens is 1. The highest BCUT2D eigenvalue weighted by Gasteiger charge is 2.35. The van der Waals surface area contributed by atoms with Gasteiger partial charge >= 0.3 is 0 Å². The highest BCUT2D eigenvalue weighted by atomic mass is 16.5. The molecule has 0 spiro atoms. The van der Waals surface area contributed by atoms with Gasteiger partial charge in [-0.15, -0.1) is 11.5 Å². The van der Waals surface area contributed by atoms with Crippen LogP contribution in [0, 0.1) is 12.3 Å². The first-order valence-corrected chi connectivity index (χ1v) is 17.9. The first-order chi connectivity index (χ1) is 23.8. The fourth-order valence-corrected chi connectivity index (χ4v) is 7.89. The molecule has 49 heavy (non-hydrogen) atoms. The van der Waals surface area contributed by atoms with Crippen LogP contribution in [0.2, 0.25) is 0 Å². The molecule has 3 heterocycles. The van der Waals surface area contributed by atoms with E-state index in [9.17, 15) is 0 Å². The molecule has 250 valence electrons. The largest absolute Gasteiger partial charge is 0.494 e. The first kappa shape index (κ1) is 32.9. The SMILES string of the molecule is C=C1C(C2(C)CCC=C(C3=NC=C=CC4=C3C=C(c3ccc(N5CCOCC5)nc3)CC4)CC2)=C=CC(C)=C1c1ccc(OCC)c(C)c1. The van der Waals surface area contributed by atoms with E-state index in [4.69, 9.17) is 26.0 Å². The molecule has 0 radical (unpaired) electrons. The number of morpholine rings is 1. The van der Waals surface area contributed by atoms with E-state index in [1.807, 2.05) is 19.3 Å². The monoisotopic (exact) mass is 649 g/mol. The molecule has 5 aliphatic rings. The Balaban J connectivity index is 1.10. The lowest BCUT2D eigenvalue weighted by Gasteiger charge is -2.34. The number of rotatable bonds is 7. The molecule has 5 nitrogen and oxygen atoms in total. The smallest absolute Gasteiger partial charge is 0.128 e. The normalized spacial score (nSPS) is 22.6. The molecule has 1 saturated heterocycles. The zero-order chi connectivity index (χ0) is 34.0. The number of hydrogen-bond donors (Lipinski definition) is 0. The Morgan fingerprint density at radius 2 is 1.84 bits per heavy atom. The molecule has 0 saturated carbocycles. The zero-order valence-corrected chi connectivity index (χ0v) is 29.5. The van der Waals surface area contributed by atoms with Crippen LogP contribution in [0.4, 0.5) is 5.82 Å². The molecule has 2 aromatic rings. The Morgan fingerprint density at radius 1 is 1.00 bits per heavy atom. The van der Waals surface area contributed by atoms with Crippen LogP contribution in [0.1, 0.15) is 76.0 Å². The van der Waals surface area contributed by atoms with E-state index < -0.39 is 0 Å². The summed E-state index contributed by atoms with van der Waals surface area (Å²) in [6.07, 6.45) is 18.9. The fraction of sp³-hybridized carbons (Fsp3) is 0.364. The maximum absolute atomic E-state index is 5.83. The number of ether oxygens (including phenoxy) is 2. The molecule has 1 aromatic carbocycles. The lowest BCUT2D eigenvalue weighted by atomic mass is 9.69. The van der Waals surface area contributed by atoms with Gasteiger partial charge < -0.3 is 14.4 Å². The summed E-state index contributed by atoms with van der Waals surface area (Å²) in [6.45, 7) is 17.4. The third-order valence-corrected chi connectivity index (χ3v) is 10.7. The van der Waals surface area contributed by atoms with Crippen molar-refractivity contribution in [3.63, 3.8) is 0 Å². The van der Waals surface area contributed by atoms with Gasteiger partial charge in [-0.05, 0) is 152 Å². The van der Waals surface area contributed by atoms with Crippen molar-refractivity contribution in [3.05, 3.63) is 135 Å². The number of aliphatic imine (C=N–C) groups is 1. The molecule has 1 atom stereocenters. The number of anilines is 1. The number of allylic oxidation sites excluding steroid dienone is 11. The van der Waals surface area contributed by atoms with E-state index in [0.29, 0.717) is 6.61 Å². The quantitative estimate of drug-likeness (QED) is 0.280. The van der Waals surface area contributed by atoms with Gasteiger partial charge in [0.05, 0.1) is 31.7 Å². The Kier molecular flexibility index (Phi) is 9.43. The molecule has 2 aliphatic heterocycles. The zero-order valence-electron chi connectivity index (χ0n) is 29.5. The second-order valence-electron chi connectivity index (χ2n) is 14.0. The molecule has 0 N–H and O–H groups in total. The van der Waals surface area contributed by atoms with Gasteiger partial charge in [-0.1, -0.05) is 25.6 Å². The van der Waals surface area contributed by atoms with Crippen LogP contribution in [0.25, 0.3) is 11.1 Å². The summed E-state index contributed by atoms with van der Waals surface area (Å²) in [5, 5.41) is 0. The van der Waals surface area contributed by atoms with Crippen molar-refractivity contribution in [2.24, 2.45) is 10.4 Å². The number of benzene rings is 1. The summed E-state index contributed by atoms with van der Waals surface area (Å²) in [7, 11) is 0. The summed E-state index contributed by atoms with van der Waals surface area (Å²) in [5.41, 5.74) is 21.5. The standard InChI is InChI=1S/C44H47N3O2/c1-6-49-40-17-14-36(27-31(40)3)42-30(2)11-16-39(32(42)4)44(5)20-7-9-34(19-21-44)43-38-28-35(13-12-33(38)10-8-22-45-43)37-15-18-41(46-29-37)47-23-25-48-26-24-47/h9-11,14-15,17-18,22,27-29H,4,6-7,12-13,19-21,23-26H2,1-3,5H3. The topological polar surface area (TPSA) is 47.0 Å². The van der Waals surface area contributed by atoms with E-state index in [-0.39, 0.29) is 5.41 Å². The van der Waals surface area contributed by atoms with E-state index >= 15 is 0 Å². The predicted octanol–water partition coefficient (Wildman–Crippen LogP) is 9.85. The third-order valence-electron chi connectivity index (χ3n) is 10.7. The van der Waals surface area contributed by atoms with E-state index in [1.165, 1.54) is 50.1 Å². The Bertz CT molecular complexity index is 1960. The molecule has 1 unspecified atom stereocenters. The number of hydrogen-bond acceptors (Lipinski definition) is 5. The number of nitrogens with zero attached hydrogens (tertiary/aromatic N) is 3. The van der Waals surface area contributed by atoms with Gasteiger partial charge in [-0.25, -0.2) is 9.98 Å². The molecule has 0 amide bonds. The van der Waals surface area contributed by atoms with Crippen molar-refractivity contribution >= 4 is 22.7 Å². The Labute approximate surface area is 291 Å². The summed E-state index contributed by atoms with van der Waals surface area (Å²) in [6, 6.07) is 10.9. The average Bonchev–Trinajstić information content (AvgIpc) is 3.45. The second kappa shape index (κ2) is 14.1. The molecule has 5 heteroatoms. The number of pyridine rings is 1. The average molecular weight is 650 g/mol. The van der Waals surface area contributed by atoms with Crippen molar-refractivity contribution in [2.45, 2.75) is 66.2 Å². The lowest BCUT2D eigenvalue weighted by Crippen LogP contribution is -2.36. The Hall–Kier alpha value is -4.66. The predicted molar refractivity (Wildman–Crippen MR) is 202 cm³/mol. The van der Waals surface area contributed by atoms with Crippen LogP contribution in [-0.2, 0) is 4.74 Å². The van der Waals surface area contributed by atoms with Crippen LogP contribution < -0.4 is 9.64 Å². The van der Waals surface area contributed by atoms with Gasteiger partial charge in [0.2, 0.25) is 0 Å². The minimum absolute atomic E-state index is 0.0594. The highest BCUT2D eigenvalue weighted by molar-refractivity contribution is 6.16. The summed E-state index contributed by atoms with van der Waals surface area (Å²) < 4.78 is 11.4. The third kappa shape index (κ3) is 6.67. The molecule has 1 fully saturated rings. The van der Waals surface area contributed by atoms with Gasteiger partial charge in [-0.2, -0.15) is 0 Å². The Morgan fingerprint density at radius 3 is 2.61 bits per heavy atom. The van der Waals surface area contributed by atoms with Crippen molar-refractivity contribution in [1.82, 2.24) is 4.98 Å². The molecule has 0 bridgehead atoms. The van der Waals surface area contributed by atoms with Gasteiger partial charge in [0.15, 0.2) is 0 Å². The number of aryl methyl sites for hydroxylation is 1. The van der Waals surface area contributed by atoms with Crippen LogP contribution >= 0.6 is 0 Å². The van der Waals surface area contributed by atoms with Gasteiger partial charge in [-0.3, -0.25) is 0 Å². The summed E-state index contributed by atoms with van der Waals surface area (Å²) in [5.74, 6) is 1.96. The first-order valence-electron chi connectivity index (χ1n) is 17.9. The van der Waals surface area contributed by atoms with Crippen molar-refractivity contribution in [1.29, 1.82) is 0 Å². The van der Waals surface area contributed by atoms with Crippen molar-refractivity contribution in [2.75, 3.05) is 37.8 Å². The lowest BCUT2D eigenvalue weighted by molar-refractivity contribution is 0.122. The van der Waals surface area contributed by atoms with E-state index in [0.717, 1.165) is 93.2 Å². The van der Waals surface area contributed by atoms with Crippen LogP contribution in [0.3, 0.4) is 0 Å². The van der Waals surface area contributed by atoms with E-state index in [2.05, 4.69) is 91.8 Å². The molecular weight excluding hydrogens is 603 g/mol. The van der Waals surface area contributed by atoms with Gasteiger partial charge in [0, 0.05) is 35.8 Å². The van der Waals surface area contributed by atoms with Crippen LogP contribution in [0.5, 0.6) is 5.75 Å². The minimum Gasteiger partial charge on any atom is -0.494 e. The molecule has 3 aliphatic carbocycles.